The number of fused-ring (bicyclic) bond motifs is 1. The fraction of sp³-hybridized carbons (Fsp3) is 0.333. The van der Waals surface area contributed by atoms with Gasteiger partial charge in [-0.15, -0.1) is 0 Å². The lowest BCUT2D eigenvalue weighted by atomic mass is 10.1. The first-order valence-corrected chi connectivity index (χ1v) is 7.09. The Balaban J connectivity index is 1.80. The molecular formula is C15H19N6O+. The van der Waals surface area contributed by atoms with Crippen molar-refractivity contribution in [2.75, 3.05) is 12.4 Å². The highest BCUT2D eigenvalue weighted by atomic mass is 16.1. The second-order valence-corrected chi connectivity index (χ2v) is 5.75. The van der Waals surface area contributed by atoms with Crippen LogP contribution in [0.2, 0.25) is 0 Å². The summed E-state index contributed by atoms with van der Waals surface area (Å²) in [6.45, 7) is 3.06. The maximum atomic E-state index is 11.4. The van der Waals surface area contributed by atoms with Gasteiger partial charge in [0.05, 0.1) is 19.3 Å². The van der Waals surface area contributed by atoms with Gasteiger partial charge < -0.3 is 5.32 Å². The minimum atomic E-state index is 0.226. The summed E-state index contributed by atoms with van der Waals surface area (Å²) in [4.78, 5) is 20.2. The molecule has 0 fully saturated rings. The predicted octanol–water partition coefficient (Wildman–Crippen LogP) is 1.30. The molecular weight excluding hydrogens is 280 g/mol. The highest BCUT2D eigenvalue weighted by Gasteiger charge is 2.31. The summed E-state index contributed by atoms with van der Waals surface area (Å²) in [7, 11) is 3.76. The number of anilines is 1. The number of aromatic nitrogens is 4. The number of carbonyl (C=O) groups excluding carboxylic acids is 1. The van der Waals surface area contributed by atoms with E-state index in [2.05, 4.69) is 20.4 Å². The van der Waals surface area contributed by atoms with Gasteiger partial charge in [-0.2, -0.15) is 5.10 Å². The second-order valence-electron chi connectivity index (χ2n) is 5.75. The van der Waals surface area contributed by atoms with Crippen molar-refractivity contribution in [2.45, 2.75) is 20.0 Å². The molecule has 2 aromatic rings. The molecule has 0 saturated heterocycles. The van der Waals surface area contributed by atoms with E-state index in [9.17, 15) is 4.79 Å². The van der Waals surface area contributed by atoms with Crippen molar-refractivity contribution in [3.8, 4) is 0 Å². The smallest absolute Gasteiger partial charge is 0.306 e. The van der Waals surface area contributed by atoms with Crippen LogP contribution < -0.4 is 5.32 Å². The molecule has 1 unspecified atom stereocenters. The van der Waals surface area contributed by atoms with Crippen molar-refractivity contribution in [1.82, 2.24) is 19.7 Å². The quantitative estimate of drug-likeness (QED) is 0.680. The maximum Gasteiger partial charge on any atom is 0.306 e. The number of aryl methyl sites for hydroxylation is 1. The molecule has 0 saturated carbocycles. The normalized spacial score (nSPS) is 20.2. The number of nitrogens with one attached hydrogen (secondary N) is 1. The lowest BCUT2D eigenvalue weighted by Gasteiger charge is -2.30. The molecule has 0 radical (unpaired) electrons. The number of carbonyl (C=O) groups is 1. The SMILES string of the molecule is CC1=Cc2cnc(NCc3ccn(C)n3)nc2C[N+]1(C)C=O. The molecule has 0 bridgehead atoms. The van der Waals surface area contributed by atoms with Crippen LogP contribution in [0.4, 0.5) is 5.95 Å². The Labute approximate surface area is 128 Å². The minimum absolute atomic E-state index is 0.226. The zero-order valence-electron chi connectivity index (χ0n) is 12.9. The van der Waals surface area contributed by atoms with Gasteiger partial charge in [-0.3, -0.25) is 4.68 Å². The lowest BCUT2D eigenvalue weighted by Crippen LogP contribution is -2.42. The van der Waals surface area contributed by atoms with Crippen LogP contribution >= 0.6 is 0 Å². The Kier molecular flexibility index (Phi) is 3.50. The summed E-state index contributed by atoms with van der Waals surface area (Å²) in [6, 6.07) is 1.94. The van der Waals surface area contributed by atoms with E-state index >= 15 is 0 Å². The van der Waals surface area contributed by atoms with E-state index in [0.29, 0.717) is 19.0 Å². The number of amides is 1. The minimum Gasteiger partial charge on any atom is -0.348 e. The summed E-state index contributed by atoms with van der Waals surface area (Å²) < 4.78 is 1.98. The van der Waals surface area contributed by atoms with E-state index in [0.717, 1.165) is 29.1 Å². The lowest BCUT2D eigenvalue weighted by molar-refractivity contribution is -0.800. The van der Waals surface area contributed by atoms with Gasteiger partial charge in [0.1, 0.15) is 17.9 Å². The van der Waals surface area contributed by atoms with E-state index in [4.69, 9.17) is 0 Å². The molecule has 1 amide bonds. The summed E-state index contributed by atoms with van der Waals surface area (Å²) in [6.07, 6.45) is 6.60. The average Bonchev–Trinajstić information content (AvgIpc) is 2.92. The zero-order chi connectivity index (χ0) is 15.7. The molecule has 0 aliphatic carbocycles. The summed E-state index contributed by atoms with van der Waals surface area (Å²) in [5.74, 6) is 0.551. The Morgan fingerprint density at radius 1 is 1.50 bits per heavy atom. The van der Waals surface area contributed by atoms with Crippen LogP contribution in [0.1, 0.15) is 23.9 Å². The van der Waals surface area contributed by atoms with Crippen molar-refractivity contribution < 1.29 is 9.28 Å². The number of allylic oxidation sites excluding steroid dienone is 1. The highest BCUT2D eigenvalue weighted by Crippen LogP contribution is 2.27. The van der Waals surface area contributed by atoms with Crippen molar-refractivity contribution in [1.29, 1.82) is 0 Å². The summed E-state index contributed by atoms with van der Waals surface area (Å²) >= 11 is 0. The standard InChI is InChI=1S/C15H19N6O/c1-11-6-12-7-16-15(17-8-13-4-5-20(2)19-13)18-14(12)9-21(11,3)10-22/h4-7,10H,8-9H2,1-3H3,(H,16,17,18)/q+1. The van der Waals surface area contributed by atoms with Gasteiger partial charge in [0.25, 0.3) is 0 Å². The fourth-order valence-electron chi connectivity index (χ4n) is 2.41. The topological polar surface area (TPSA) is 72.7 Å². The van der Waals surface area contributed by atoms with Crippen LogP contribution in [-0.4, -0.2) is 37.7 Å². The van der Waals surface area contributed by atoms with Gasteiger partial charge in [-0.05, 0) is 6.07 Å². The van der Waals surface area contributed by atoms with Gasteiger partial charge in [0.15, 0.2) is 0 Å². The molecule has 1 atom stereocenters. The third kappa shape index (κ3) is 2.62. The number of hydrogen-bond acceptors (Lipinski definition) is 5. The maximum absolute atomic E-state index is 11.4. The Morgan fingerprint density at radius 2 is 2.32 bits per heavy atom. The molecule has 3 heterocycles. The molecule has 22 heavy (non-hydrogen) atoms. The van der Waals surface area contributed by atoms with Gasteiger partial charge >= 0.3 is 6.41 Å². The molecule has 0 aromatic carbocycles. The van der Waals surface area contributed by atoms with E-state index in [1.807, 2.05) is 39.4 Å². The molecule has 1 aliphatic heterocycles. The summed E-state index contributed by atoms with van der Waals surface area (Å²) in [5, 5.41) is 7.47. The molecule has 2 aromatic heterocycles. The van der Waals surface area contributed by atoms with E-state index in [-0.39, 0.29) is 4.48 Å². The Morgan fingerprint density at radius 3 is 3.00 bits per heavy atom. The first-order valence-electron chi connectivity index (χ1n) is 7.09. The van der Waals surface area contributed by atoms with Gasteiger partial charge in [0.2, 0.25) is 5.95 Å². The van der Waals surface area contributed by atoms with Crippen LogP contribution in [0.15, 0.2) is 24.2 Å². The van der Waals surface area contributed by atoms with Gasteiger partial charge in [0, 0.05) is 38.0 Å². The molecule has 114 valence electrons. The van der Waals surface area contributed by atoms with Crippen LogP contribution in [0.25, 0.3) is 6.08 Å². The Hall–Kier alpha value is -2.54. The fourth-order valence-corrected chi connectivity index (χ4v) is 2.41. The van der Waals surface area contributed by atoms with Crippen molar-refractivity contribution >= 4 is 18.4 Å². The summed E-state index contributed by atoms with van der Waals surface area (Å²) in [5.41, 5.74) is 3.76. The van der Waals surface area contributed by atoms with Crippen molar-refractivity contribution in [2.24, 2.45) is 7.05 Å². The van der Waals surface area contributed by atoms with Gasteiger partial charge in [-0.1, -0.05) is 0 Å². The first-order chi connectivity index (χ1) is 10.5. The molecule has 3 rings (SSSR count). The molecule has 7 heteroatoms. The van der Waals surface area contributed by atoms with E-state index < -0.39 is 0 Å². The monoisotopic (exact) mass is 299 g/mol. The largest absolute Gasteiger partial charge is 0.348 e. The van der Waals surface area contributed by atoms with E-state index in [1.165, 1.54) is 0 Å². The first kappa shape index (κ1) is 14.4. The second kappa shape index (κ2) is 5.34. The molecule has 0 spiro atoms. The number of rotatable bonds is 4. The van der Waals surface area contributed by atoms with Crippen LogP contribution in [0, 0.1) is 0 Å². The van der Waals surface area contributed by atoms with Crippen LogP contribution in [0.5, 0.6) is 0 Å². The predicted molar refractivity (Wildman–Crippen MR) is 82.2 cm³/mol. The zero-order valence-corrected chi connectivity index (χ0v) is 12.9. The number of nitrogens with zero attached hydrogens (tertiary/aromatic N) is 5. The number of hydrogen-bond donors (Lipinski definition) is 1. The number of quaternary nitrogens is 1. The third-order valence-electron chi connectivity index (χ3n) is 3.98. The van der Waals surface area contributed by atoms with Crippen LogP contribution in [0.3, 0.4) is 0 Å². The van der Waals surface area contributed by atoms with Crippen LogP contribution in [-0.2, 0) is 24.9 Å². The van der Waals surface area contributed by atoms with E-state index in [1.54, 1.807) is 10.9 Å². The van der Waals surface area contributed by atoms with Crippen molar-refractivity contribution in [3.05, 3.63) is 41.1 Å². The van der Waals surface area contributed by atoms with Crippen molar-refractivity contribution in [3.63, 3.8) is 0 Å². The van der Waals surface area contributed by atoms with Gasteiger partial charge in [-0.25, -0.2) is 19.2 Å². The Bertz CT molecular complexity index is 750. The molecule has 1 N–H and O–H groups in total. The highest BCUT2D eigenvalue weighted by molar-refractivity contribution is 5.58. The average molecular weight is 299 g/mol. The molecule has 1 aliphatic rings. The third-order valence-corrected chi connectivity index (χ3v) is 3.98. The molecule has 7 nitrogen and oxygen atoms in total.